The van der Waals surface area contributed by atoms with E-state index in [2.05, 4.69) is 10.3 Å². The maximum atomic E-state index is 13.7. The number of hydrogen-bond donors (Lipinski definition) is 1. The van der Waals surface area contributed by atoms with Gasteiger partial charge in [-0.1, -0.05) is 0 Å². The number of nitrogens with one attached hydrogen (secondary N) is 1. The van der Waals surface area contributed by atoms with Crippen LogP contribution in [-0.2, 0) is 24.3 Å². The molecule has 0 saturated heterocycles. The van der Waals surface area contributed by atoms with Crippen LogP contribution in [0.3, 0.4) is 0 Å². The van der Waals surface area contributed by atoms with Crippen molar-refractivity contribution in [3.05, 3.63) is 57.8 Å². The van der Waals surface area contributed by atoms with Crippen LogP contribution in [0, 0.1) is 18.6 Å². The van der Waals surface area contributed by atoms with Crippen LogP contribution in [0.1, 0.15) is 24.4 Å². The van der Waals surface area contributed by atoms with Gasteiger partial charge in [-0.2, -0.15) is 0 Å². The number of aryl methyl sites for hydroxylation is 2. The average Bonchev–Trinajstić information content (AvgIpc) is 2.94. The van der Waals surface area contributed by atoms with Gasteiger partial charge in [-0.15, -0.1) is 0 Å². The Bertz CT molecular complexity index is 1120. The van der Waals surface area contributed by atoms with Crippen LogP contribution >= 0.6 is 0 Å². The predicted molar refractivity (Wildman–Crippen MR) is 96.7 cm³/mol. The number of nitrogens with zero attached hydrogens (tertiary/aromatic N) is 3. The standard InChI is InChI=1S/C19H18F2N4O2/c1-11-8-15-18(19(27)24-7-3-2-4-16(24)22-15)25(11)10-17(26)23-14-9-12(20)5-6-13(14)21/h5-6,8-9H,2-4,7,10H2,1H3,(H,23,26). The fourth-order valence-corrected chi connectivity index (χ4v) is 3.52. The number of rotatable bonds is 3. The molecule has 0 fully saturated rings. The van der Waals surface area contributed by atoms with Gasteiger partial charge in [0.15, 0.2) is 0 Å². The van der Waals surface area contributed by atoms with Gasteiger partial charge in [-0.3, -0.25) is 14.2 Å². The molecule has 1 amide bonds. The number of amides is 1. The number of fused-ring (bicyclic) bond motifs is 2. The Morgan fingerprint density at radius 2 is 2.07 bits per heavy atom. The Kier molecular flexibility index (Phi) is 4.25. The maximum Gasteiger partial charge on any atom is 0.278 e. The lowest BCUT2D eigenvalue weighted by molar-refractivity contribution is -0.116. The second-order valence-electron chi connectivity index (χ2n) is 6.72. The predicted octanol–water partition coefficient (Wildman–Crippen LogP) is 2.76. The lowest BCUT2D eigenvalue weighted by Crippen LogP contribution is -2.30. The zero-order chi connectivity index (χ0) is 19.1. The van der Waals surface area contributed by atoms with E-state index in [1.54, 1.807) is 22.1 Å². The van der Waals surface area contributed by atoms with E-state index in [1.165, 1.54) is 0 Å². The molecule has 3 aromatic rings. The van der Waals surface area contributed by atoms with Crippen molar-refractivity contribution in [3.63, 3.8) is 0 Å². The number of carbonyl (C=O) groups is 1. The lowest BCUT2D eigenvalue weighted by Gasteiger charge is -2.17. The Morgan fingerprint density at radius 1 is 1.26 bits per heavy atom. The van der Waals surface area contributed by atoms with Crippen molar-refractivity contribution in [1.82, 2.24) is 14.1 Å². The van der Waals surface area contributed by atoms with Crippen LogP contribution in [0.25, 0.3) is 11.0 Å². The molecule has 0 bridgehead atoms. The molecule has 3 heterocycles. The minimum absolute atomic E-state index is 0.174. The van der Waals surface area contributed by atoms with Crippen molar-refractivity contribution < 1.29 is 13.6 Å². The summed E-state index contributed by atoms with van der Waals surface area (Å²) in [6, 6.07) is 4.61. The molecule has 140 valence electrons. The van der Waals surface area contributed by atoms with Gasteiger partial charge < -0.3 is 9.88 Å². The second kappa shape index (κ2) is 6.61. The first-order valence-electron chi connectivity index (χ1n) is 8.78. The van der Waals surface area contributed by atoms with Crippen molar-refractivity contribution in [1.29, 1.82) is 0 Å². The van der Waals surface area contributed by atoms with Crippen molar-refractivity contribution in [3.8, 4) is 0 Å². The number of aromatic nitrogens is 3. The van der Waals surface area contributed by atoms with E-state index in [4.69, 9.17) is 0 Å². The van der Waals surface area contributed by atoms with Crippen LogP contribution in [0.5, 0.6) is 0 Å². The fraction of sp³-hybridized carbons (Fsp3) is 0.316. The van der Waals surface area contributed by atoms with Crippen LogP contribution in [0.4, 0.5) is 14.5 Å². The highest BCUT2D eigenvalue weighted by molar-refractivity contribution is 5.92. The smallest absolute Gasteiger partial charge is 0.278 e. The molecule has 2 aromatic heterocycles. The summed E-state index contributed by atoms with van der Waals surface area (Å²) in [6.45, 7) is 2.20. The zero-order valence-electron chi connectivity index (χ0n) is 14.8. The van der Waals surface area contributed by atoms with Crippen molar-refractivity contribution >= 4 is 22.6 Å². The molecule has 0 atom stereocenters. The zero-order valence-corrected chi connectivity index (χ0v) is 14.8. The summed E-state index contributed by atoms with van der Waals surface area (Å²) < 4.78 is 30.3. The fourth-order valence-electron chi connectivity index (χ4n) is 3.52. The molecule has 1 aromatic carbocycles. The number of anilines is 1. The summed E-state index contributed by atoms with van der Waals surface area (Å²) in [7, 11) is 0. The Hall–Kier alpha value is -3.03. The average molecular weight is 372 g/mol. The second-order valence-corrected chi connectivity index (χ2v) is 6.72. The van der Waals surface area contributed by atoms with Gasteiger partial charge in [0.05, 0.1) is 11.2 Å². The minimum atomic E-state index is -0.727. The summed E-state index contributed by atoms with van der Waals surface area (Å²) in [5, 5.41) is 2.36. The Labute approximate surface area is 153 Å². The normalized spacial score (nSPS) is 13.6. The number of carbonyl (C=O) groups excluding carboxylic acids is 1. The van der Waals surface area contributed by atoms with E-state index in [-0.39, 0.29) is 17.8 Å². The summed E-state index contributed by atoms with van der Waals surface area (Å²) in [4.78, 5) is 29.9. The lowest BCUT2D eigenvalue weighted by atomic mass is 10.1. The number of hydrogen-bond acceptors (Lipinski definition) is 3. The SMILES string of the molecule is Cc1cc2nc3n(c(=O)c2n1CC(=O)Nc1cc(F)ccc1F)CCCC3. The first-order valence-corrected chi connectivity index (χ1v) is 8.78. The van der Waals surface area contributed by atoms with Crippen LogP contribution in [-0.4, -0.2) is 20.0 Å². The molecule has 0 aliphatic carbocycles. The number of halogens is 2. The van der Waals surface area contributed by atoms with Gasteiger partial charge in [-0.05, 0) is 38.0 Å². The molecule has 0 spiro atoms. The minimum Gasteiger partial charge on any atom is -0.330 e. The van der Waals surface area contributed by atoms with E-state index in [1.807, 2.05) is 0 Å². The van der Waals surface area contributed by atoms with Crippen molar-refractivity contribution in [2.45, 2.75) is 39.3 Å². The molecule has 0 radical (unpaired) electrons. The molecule has 0 unspecified atom stereocenters. The molecule has 4 rings (SSSR count). The van der Waals surface area contributed by atoms with E-state index in [9.17, 15) is 18.4 Å². The third kappa shape index (κ3) is 3.11. The summed E-state index contributed by atoms with van der Waals surface area (Å²) >= 11 is 0. The Morgan fingerprint density at radius 3 is 2.89 bits per heavy atom. The molecule has 0 saturated carbocycles. The van der Waals surface area contributed by atoms with Gasteiger partial charge in [0, 0.05) is 24.7 Å². The van der Waals surface area contributed by atoms with Gasteiger partial charge >= 0.3 is 0 Å². The largest absolute Gasteiger partial charge is 0.330 e. The topological polar surface area (TPSA) is 68.9 Å². The maximum absolute atomic E-state index is 13.7. The van der Waals surface area contributed by atoms with Gasteiger partial charge in [-0.25, -0.2) is 13.8 Å². The molecule has 1 N–H and O–H groups in total. The first kappa shape index (κ1) is 17.4. The summed E-state index contributed by atoms with van der Waals surface area (Å²) in [5.41, 5.74) is 1.20. The van der Waals surface area contributed by atoms with E-state index >= 15 is 0 Å². The summed E-state index contributed by atoms with van der Waals surface area (Å²) in [6.07, 6.45) is 2.67. The summed E-state index contributed by atoms with van der Waals surface area (Å²) in [5.74, 6) is -1.16. The third-order valence-electron chi connectivity index (χ3n) is 4.83. The van der Waals surface area contributed by atoms with Gasteiger partial charge in [0.2, 0.25) is 5.91 Å². The number of benzene rings is 1. The molecule has 27 heavy (non-hydrogen) atoms. The highest BCUT2D eigenvalue weighted by Crippen LogP contribution is 2.19. The molecule has 6 nitrogen and oxygen atoms in total. The third-order valence-corrected chi connectivity index (χ3v) is 4.83. The van der Waals surface area contributed by atoms with Crippen LogP contribution in [0.2, 0.25) is 0 Å². The van der Waals surface area contributed by atoms with Gasteiger partial charge in [0.25, 0.3) is 5.56 Å². The molecular formula is C19H18F2N4O2. The van der Waals surface area contributed by atoms with Crippen LogP contribution in [0.15, 0.2) is 29.1 Å². The van der Waals surface area contributed by atoms with E-state index in [0.29, 0.717) is 23.3 Å². The quantitative estimate of drug-likeness (QED) is 0.769. The van der Waals surface area contributed by atoms with Crippen LogP contribution < -0.4 is 10.9 Å². The molecular weight excluding hydrogens is 354 g/mol. The molecule has 1 aliphatic rings. The van der Waals surface area contributed by atoms with Crippen molar-refractivity contribution in [2.75, 3.05) is 5.32 Å². The first-order chi connectivity index (χ1) is 12.9. The van der Waals surface area contributed by atoms with E-state index in [0.717, 1.165) is 43.3 Å². The van der Waals surface area contributed by atoms with Gasteiger partial charge in [0.1, 0.15) is 29.5 Å². The van der Waals surface area contributed by atoms with E-state index < -0.39 is 17.5 Å². The molecule has 1 aliphatic heterocycles. The molecule has 8 heteroatoms. The highest BCUT2D eigenvalue weighted by Gasteiger charge is 2.20. The highest BCUT2D eigenvalue weighted by atomic mass is 19.1. The Balaban J connectivity index is 1.69. The monoisotopic (exact) mass is 372 g/mol. The van der Waals surface area contributed by atoms with Crippen molar-refractivity contribution in [2.24, 2.45) is 0 Å².